The Morgan fingerprint density at radius 1 is 1.08 bits per heavy atom. The second kappa shape index (κ2) is 12.1. The van der Waals surface area contributed by atoms with Crippen molar-refractivity contribution < 1.29 is 35.9 Å². The minimum atomic E-state index is -4.00. The van der Waals surface area contributed by atoms with Gasteiger partial charge in [0.25, 0.3) is 11.5 Å². The van der Waals surface area contributed by atoms with E-state index in [1.54, 1.807) is 40.1 Å². The van der Waals surface area contributed by atoms with E-state index in [1.165, 1.54) is 24.3 Å². The summed E-state index contributed by atoms with van der Waals surface area (Å²) in [5.74, 6) is -0.705. The Kier molecular flexibility index (Phi) is 8.12. The fourth-order valence-corrected chi connectivity index (χ4v) is 8.12. The number of halogens is 2. The number of carbonyl (C=O) groups excluding carboxylic acids is 2. The molecule has 0 bridgehead atoms. The number of hydrogen-bond donors (Lipinski definition) is 1. The third-order valence-corrected chi connectivity index (χ3v) is 10.5. The van der Waals surface area contributed by atoms with Gasteiger partial charge in [-0.15, -0.1) is 0 Å². The molecule has 2 saturated heterocycles. The van der Waals surface area contributed by atoms with E-state index in [1.807, 2.05) is 20.8 Å². The summed E-state index contributed by atoms with van der Waals surface area (Å²) in [5, 5.41) is 0.970. The van der Waals surface area contributed by atoms with Crippen LogP contribution < -0.4 is 9.86 Å². The van der Waals surface area contributed by atoms with Gasteiger partial charge in [-0.05, 0) is 69.2 Å². The lowest BCUT2D eigenvalue weighted by Crippen LogP contribution is -2.43. The average Bonchev–Trinajstić information content (AvgIpc) is 3.74. The molecule has 7 rings (SSSR count). The smallest absolute Gasteiger partial charge is 0.410 e. The highest BCUT2D eigenvalue weighted by Crippen LogP contribution is 2.41. The number of amides is 2. The number of nitrogens with zero attached hydrogens (tertiary/aromatic N) is 3. The van der Waals surface area contributed by atoms with Crippen LogP contribution in [-0.4, -0.2) is 86.0 Å². The molecule has 14 heteroatoms. The van der Waals surface area contributed by atoms with E-state index < -0.39 is 46.3 Å². The maximum atomic E-state index is 14.0. The zero-order valence-electron chi connectivity index (χ0n) is 28.0. The first-order valence-electron chi connectivity index (χ1n) is 16.3. The Morgan fingerprint density at radius 3 is 2.58 bits per heavy atom. The minimum absolute atomic E-state index is 0.0943. The van der Waals surface area contributed by atoms with Gasteiger partial charge in [-0.2, -0.15) is 0 Å². The Morgan fingerprint density at radius 2 is 1.86 bits per heavy atom. The average molecular weight is 707 g/mol. The topological polar surface area (TPSA) is 133 Å². The quantitative estimate of drug-likeness (QED) is 0.227. The number of hydrogen-bond acceptors (Lipinski definition) is 7. The number of furan rings is 1. The van der Waals surface area contributed by atoms with Crippen molar-refractivity contribution in [3.63, 3.8) is 0 Å². The first-order chi connectivity index (χ1) is 23.6. The Balaban J connectivity index is 1.31. The summed E-state index contributed by atoms with van der Waals surface area (Å²) in [4.78, 5) is 46.3. The molecular weight excluding hydrogens is 670 g/mol. The number of alkyl halides is 1. The SMILES string of the molecule is CC(C)(C)OC(=O)N1CCC2CN(C(=O)c3cccc(-c4cc5c(cc4N(CCF)S(C)(=O)=O)oc4c6ccc(F)cc6[nH]c(=O)c54)c3)CC21. The van der Waals surface area contributed by atoms with Gasteiger partial charge in [0, 0.05) is 53.5 Å². The summed E-state index contributed by atoms with van der Waals surface area (Å²) in [7, 11) is -4.00. The molecule has 2 unspecified atom stereocenters. The van der Waals surface area contributed by atoms with Crippen molar-refractivity contribution >= 4 is 60.6 Å². The Hall–Kier alpha value is -4.98. The number of sulfonamides is 1. The molecule has 0 spiro atoms. The zero-order chi connectivity index (χ0) is 35.7. The molecule has 2 atom stereocenters. The van der Waals surface area contributed by atoms with Crippen molar-refractivity contribution in [2.45, 2.75) is 38.8 Å². The number of rotatable bonds is 6. The molecule has 5 aromatic rings. The fraction of sp³-hybridized carbons (Fsp3) is 0.361. The van der Waals surface area contributed by atoms with E-state index in [2.05, 4.69) is 4.98 Å². The largest absolute Gasteiger partial charge is 0.455 e. The molecule has 2 aromatic heterocycles. The highest BCUT2D eigenvalue weighted by Gasteiger charge is 2.46. The molecule has 50 heavy (non-hydrogen) atoms. The molecular formula is C36H36F2N4O7S. The zero-order valence-corrected chi connectivity index (χ0v) is 28.8. The van der Waals surface area contributed by atoms with Crippen molar-refractivity contribution in [2.75, 3.05) is 43.4 Å². The summed E-state index contributed by atoms with van der Waals surface area (Å²) in [6.45, 7) is 5.32. The molecule has 3 aromatic carbocycles. The standard InChI is InChI=1S/C36H36F2N4O7S/c1-36(2,3)49-35(45)41-12-10-22-18-40(19-29(22)41)34(44)21-7-5-6-20(14-21)25-16-26-30(17-28(25)42(13-11-37)50(4,46)47)48-32-24-9-8-23(38)15-27(24)39-33(43)31(26)32/h5-9,14-17,22,29H,10-13,18-19H2,1-4H3,(H,39,43). The molecule has 2 amide bonds. The Bertz CT molecular complexity index is 2370. The molecule has 11 nitrogen and oxygen atoms in total. The number of aromatic amines is 1. The van der Waals surface area contributed by atoms with Crippen molar-refractivity contribution in [1.82, 2.24) is 14.8 Å². The van der Waals surface area contributed by atoms with Crippen LogP contribution in [0.1, 0.15) is 37.6 Å². The maximum Gasteiger partial charge on any atom is 0.410 e. The van der Waals surface area contributed by atoms with Crippen molar-refractivity contribution in [3.05, 3.63) is 76.3 Å². The number of pyridine rings is 1. The van der Waals surface area contributed by atoms with E-state index in [4.69, 9.17) is 9.15 Å². The third kappa shape index (κ3) is 5.95. The number of H-pyrrole nitrogens is 1. The van der Waals surface area contributed by atoms with Crippen LogP contribution in [0.4, 0.5) is 19.3 Å². The predicted molar refractivity (Wildman–Crippen MR) is 186 cm³/mol. The summed E-state index contributed by atoms with van der Waals surface area (Å²) in [6.07, 6.45) is 1.31. The lowest BCUT2D eigenvalue weighted by atomic mass is 9.98. The highest BCUT2D eigenvalue weighted by atomic mass is 32.2. The van der Waals surface area contributed by atoms with Crippen molar-refractivity contribution in [2.24, 2.45) is 5.92 Å². The van der Waals surface area contributed by atoms with Gasteiger partial charge in [0.05, 0.1) is 35.4 Å². The number of anilines is 1. The molecule has 2 fully saturated rings. The number of likely N-dealkylation sites (tertiary alicyclic amines) is 2. The molecule has 2 aliphatic heterocycles. The van der Waals surface area contributed by atoms with E-state index >= 15 is 0 Å². The normalized spacial score (nSPS) is 18.0. The third-order valence-electron chi connectivity index (χ3n) is 9.35. The molecule has 4 heterocycles. The molecule has 0 radical (unpaired) electrons. The van der Waals surface area contributed by atoms with E-state index in [-0.39, 0.29) is 45.6 Å². The summed E-state index contributed by atoms with van der Waals surface area (Å²) in [6, 6.07) is 13.4. The number of fused-ring (bicyclic) bond motifs is 6. The second-order valence-electron chi connectivity index (χ2n) is 13.9. The first-order valence-corrected chi connectivity index (χ1v) is 18.1. The lowest BCUT2D eigenvalue weighted by Gasteiger charge is -2.28. The molecule has 2 aliphatic rings. The van der Waals surface area contributed by atoms with Gasteiger partial charge in [-0.1, -0.05) is 12.1 Å². The van der Waals surface area contributed by atoms with Gasteiger partial charge in [-0.3, -0.25) is 13.9 Å². The van der Waals surface area contributed by atoms with Gasteiger partial charge >= 0.3 is 6.09 Å². The second-order valence-corrected chi connectivity index (χ2v) is 15.8. The van der Waals surface area contributed by atoms with Crippen LogP contribution in [-0.2, 0) is 14.8 Å². The van der Waals surface area contributed by atoms with Crippen LogP contribution in [0.25, 0.3) is 44.0 Å². The van der Waals surface area contributed by atoms with Crippen molar-refractivity contribution in [1.29, 1.82) is 0 Å². The van der Waals surface area contributed by atoms with Crippen molar-refractivity contribution in [3.8, 4) is 11.1 Å². The van der Waals surface area contributed by atoms with Crippen LogP contribution in [0.15, 0.2) is 63.8 Å². The molecule has 1 N–H and O–H groups in total. The van der Waals surface area contributed by atoms with E-state index in [0.717, 1.165) is 17.0 Å². The fourth-order valence-electron chi connectivity index (χ4n) is 7.21. The van der Waals surface area contributed by atoms with Gasteiger partial charge in [-0.25, -0.2) is 22.0 Å². The lowest BCUT2D eigenvalue weighted by molar-refractivity contribution is 0.0215. The highest BCUT2D eigenvalue weighted by molar-refractivity contribution is 7.92. The van der Waals surface area contributed by atoms with Gasteiger partial charge in [0.15, 0.2) is 0 Å². The molecule has 262 valence electrons. The van der Waals surface area contributed by atoms with Gasteiger partial charge < -0.3 is 23.9 Å². The van der Waals surface area contributed by atoms with Crippen LogP contribution in [0.5, 0.6) is 0 Å². The van der Waals surface area contributed by atoms with E-state index in [9.17, 15) is 31.6 Å². The van der Waals surface area contributed by atoms with Gasteiger partial charge in [0.2, 0.25) is 10.0 Å². The number of benzene rings is 3. The maximum absolute atomic E-state index is 14.0. The molecule has 0 saturated carbocycles. The minimum Gasteiger partial charge on any atom is -0.455 e. The number of nitrogens with one attached hydrogen (secondary N) is 1. The van der Waals surface area contributed by atoms with Crippen LogP contribution in [0.3, 0.4) is 0 Å². The first kappa shape index (κ1) is 33.5. The summed E-state index contributed by atoms with van der Waals surface area (Å²) in [5.41, 5.74) is 0.582. The Labute approximate surface area is 286 Å². The van der Waals surface area contributed by atoms with E-state index in [0.29, 0.717) is 47.1 Å². The number of ether oxygens (including phenoxy) is 1. The number of aromatic nitrogens is 1. The van der Waals surface area contributed by atoms with Crippen LogP contribution in [0, 0.1) is 11.7 Å². The summed E-state index contributed by atoms with van der Waals surface area (Å²) < 4.78 is 66.5. The van der Waals surface area contributed by atoms with Crippen LogP contribution >= 0.6 is 0 Å². The molecule has 0 aliphatic carbocycles. The summed E-state index contributed by atoms with van der Waals surface area (Å²) >= 11 is 0. The van der Waals surface area contributed by atoms with Gasteiger partial charge in [0.1, 0.15) is 29.3 Å². The predicted octanol–water partition coefficient (Wildman–Crippen LogP) is 6.05. The van der Waals surface area contributed by atoms with Crippen LogP contribution in [0.2, 0.25) is 0 Å². The number of carbonyl (C=O) groups is 2. The monoisotopic (exact) mass is 706 g/mol.